The quantitative estimate of drug-likeness (QED) is 0.695. The Morgan fingerprint density at radius 2 is 1.88 bits per heavy atom. The van der Waals surface area contributed by atoms with Gasteiger partial charge in [0.05, 0.1) is 12.1 Å². The van der Waals surface area contributed by atoms with E-state index >= 15 is 0 Å². The molecule has 0 unspecified atom stereocenters. The summed E-state index contributed by atoms with van der Waals surface area (Å²) in [5.41, 5.74) is -0.0374. The average Bonchev–Trinajstić information content (AvgIpc) is 2.58. The van der Waals surface area contributed by atoms with Gasteiger partial charge in [0, 0.05) is 10.4 Å². The van der Waals surface area contributed by atoms with Crippen LogP contribution in [0.15, 0.2) is 60.7 Å². The Bertz CT molecular complexity index is 877. The standard InChI is InChI=1S/C19H15ClFNO2/c20-14-8-9-16(17(21)12-14)19(23)22-10-11-24-18-7-3-5-13-4-1-2-6-15(13)18/h1-9,12H,10-11H2,(H,22,23). The Labute approximate surface area is 144 Å². The van der Waals surface area contributed by atoms with Gasteiger partial charge in [-0.3, -0.25) is 4.79 Å². The Morgan fingerprint density at radius 3 is 2.71 bits per heavy atom. The topological polar surface area (TPSA) is 38.3 Å². The van der Waals surface area contributed by atoms with Crippen molar-refractivity contribution >= 4 is 28.3 Å². The summed E-state index contributed by atoms with van der Waals surface area (Å²) >= 11 is 5.67. The van der Waals surface area contributed by atoms with Crippen LogP contribution in [-0.2, 0) is 0 Å². The minimum atomic E-state index is -0.644. The molecule has 0 aliphatic rings. The van der Waals surface area contributed by atoms with Gasteiger partial charge >= 0.3 is 0 Å². The third-order valence-electron chi connectivity index (χ3n) is 3.57. The number of benzene rings is 3. The molecule has 0 fully saturated rings. The highest BCUT2D eigenvalue weighted by atomic mass is 35.5. The summed E-state index contributed by atoms with van der Waals surface area (Å²) in [7, 11) is 0. The van der Waals surface area contributed by atoms with Crippen LogP contribution in [0.1, 0.15) is 10.4 Å². The van der Waals surface area contributed by atoms with Gasteiger partial charge in [-0.2, -0.15) is 0 Å². The van der Waals surface area contributed by atoms with Crippen LogP contribution in [0.3, 0.4) is 0 Å². The highest BCUT2D eigenvalue weighted by Gasteiger charge is 2.11. The van der Waals surface area contributed by atoms with E-state index in [-0.39, 0.29) is 23.7 Å². The highest BCUT2D eigenvalue weighted by molar-refractivity contribution is 6.30. The first-order valence-electron chi connectivity index (χ1n) is 7.49. The van der Waals surface area contributed by atoms with Gasteiger partial charge in [0.25, 0.3) is 5.91 Å². The third-order valence-corrected chi connectivity index (χ3v) is 3.81. The number of halogens is 2. The van der Waals surface area contributed by atoms with E-state index in [1.165, 1.54) is 12.1 Å². The molecule has 0 saturated heterocycles. The Kier molecular flexibility index (Phi) is 4.96. The van der Waals surface area contributed by atoms with Gasteiger partial charge in [0.1, 0.15) is 18.2 Å². The van der Waals surface area contributed by atoms with Crippen LogP contribution in [-0.4, -0.2) is 19.1 Å². The lowest BCUT2D eigenvalue weighted by atomic mass is 10.1. The summed E-state index contributed by atoms with van der Waals surface area (Å²) in [6.07, 6.45) is 0. The first kappa shape index (κ1) is 16.3. The Hall–Kier alpha value is -2.59. The zero-order chi connectivity index (χ0) is 16.9. The van der Waals surface area contributed by atoms with Crippen molar-refractivity contribution < 1.29 is 13.9 Å². The zero-order valence-electron chi connectivity index (χ0n) is 12.8. The third kappa shape index (κ3) is 3.66. The van der Waals surface area contributed by atoms with Gasteiger partial charge in [-0.05, 0) is 29.7 Å². The molecule has 3 aromatic carbocycles. The average molecular weight is 344 g/mol. The monoisotopic (exact) mass is 343 g/mol. The molecule has 3 nitrogen and oxygen atoms in total. The van der Waals surface area contributed by atoms with Crippen molar-refractivity contribution in [3.63, 3.8) is 0 Å². The van der Waals surface area contributed by atoms with Crippen molar-refractivity contribution in [3.8, 4) is 5.75 Å². The van der Waals surface area contributed by atoms with E-state index < -0.39 is 11.7 Å². The van der Waals surface area contributed by atoms with Gasteiger partial charge in [-0.15, -0.1) is 0 Å². The van der Waals surface area contributed by atoms with E-state index in [0.29, 0.717) is 0 Å². The maximum absolute atomic E-state index is 13.7. The smallest absolute Gasteiger partial charge is 0.254 e. The molecule has 3 aromatic rings. The second-order valence-corrected chi connectivity index (χ2v) is 5.64. The number of hydrogen-bond donors (Lipinski definition) is 1. The summed E-state index contributed by atoms with van der Waals surface area (Å²) in [6.45, 7) is 0.555. The zero-order valence-corrected chi connectivity index (χ0v) is 13.5. The van der Waals surface area contributed by atoms with Crippen molar-refractivity contribution in [2.75, 3.05) is 13.2 Å². The Morgan fingerprint density at radius 1 is 1.08 bits per heavy atom. The predicted molar refractivity (Wildman–Crippen MR) is 93.2 cm³/mol. The molecule has 24 heavy (non-hydrogen) atoms. The minimum absolute atomic E-state index is 0.0374. The molecular weight excluding hydrogens is 329 g/mol. The number of amides is 1. The summed E-state index contributed by atoms with van der Waals surface area (Å²) in [6, 6.07) is 17.6. The molecule has 5 heteroatoms. The maximum Gasteiger partial charge on any atom is 0.254 e. The SMILES string of the molecule is O=C(NCCOc1cccc2ccccc12)c1ccc(Cl)cc1F. The van der Waals surface area contributed by atoms with Crippen molar-refractivity contribution in [2.24, 2.45) is 0 Å². The fraction of sp³-hybridized carbons (Fsp3) is 0.105. The van der Waals surface area contributed by atoms with E-state index in [1.807, 2.05) is 42.5 Å². The molecule has 0 aromatic heterocycles. The maximum atomic E-state index is 13.7. The largest absolute Gasteiger partial charge is 0.491 e. The van der Waals surface area contributed by atoms with Crippen LogP contribution in [0.25, 0.3) is 10.8 Å². The van der Waals surface area contributed by atoms with Crippen LogP contribution < -0.4 is 10.1 Å². The molecule has 122 valence electrons. The molecule has 3 rings (SSSR count). The first-order valence-corrected chi connectivity index (χ1v) is 7.87. The van der Waals surface area contributed by atoms with Gasteiger partial charge in [0.15, 0.2) is 0 Å². The van der Waals surface area contributed by atoms with Gasteiger partial charge in [0.2, 0.25) is 0 Å². The van der Waals surface area contributed by atoms with Gasteiger partial charge < -0.3 is 10.1 Å². The number of carbonyl (C=O) groups excluding carboxylic acids is 1. The van der Waals surface area contributed by atoms with Crippen molar-refractivity contribution in [2.45, 2.75) is 0 Å². The second kappa shape index (κ2) is 7.32. The first-order chi connectivity index (χ1) is 11.6. The summed E-state index contributed by atoms with van der Waals surface area (Å²) < 4.78 is 19.4. The number of ether oxygens (including phenoxy) is 1. The molecule has 0 heterocycles. The van der Waals surface area contributed by atoms with E-state index in [4.69, 9.17) is 16.3 Å². The van der Waals surface area contributed by atoms with Crippen LogP contribution in [0, 0.1) is 5.82 Å². The van der Waals surface area contributed by atoms with Crippen molar-refractivity contribution in [3.05, 3.63) is 77.1 Å². The lowest BCUT2D eigenvalue weighted by Gasteiger charge is -2.10. The van der Waals surface area contributed by atoms with Gasteiger partial charge in [-0.25, -0.2) is 4.39 Å². The van der Waals surface area contributed by atoms with E-state index in [1.54, 1.807) is 0 Å². The second-order valence-electron chi connectivity index (χ2n) is 5.21. The van der Waals surface area contributed by atoms with Crippen LogP contribution in [0.2, 0.25) is 5.02 Å². The molecular formula is C19H15ClFNO2. The fourth-order valence-corrected chi connectivity index (χ4v) is 2.57. The highest BCUT2D eigenvalue weighted by Crippen LogP contribution is 2.24. The van der Waals surface area contributed by atoms with E-state index in [0.717, 1.165) is 22.6 Å². The lowest BCUT2D eigenvalue weighted by molar-refractivity contribution is 0.0943. The van der Waals surface area contributed by atoms with Crippen LogP contribution >= 0.6 is 11.6 Å². The lowest BCUT2D eigenvalue weighted by Crippen LogP contribution is -2.28. The molecule has 0 aliphatic heterocycles. The summed E-state index contributed by atoms with van der Waals surface area (Å²) in [5, 5.41) is 4.98. The number of hydrogen-bond acceptors (Lipinski definition) is 2. The van der Waals surface area contributed by atoms with E-state index in [2.05, 4.69) is 5.32 Å². The minimum Gasteiger partial charge on any atom is -0.491 e. The van der Waals surface area contributed by atoms with Crippen molar-refractivity contribution in [1.29, 1.82) is 0 Å². The Balaban J connectivity index is 1.58. The van der Waals surface area contributed by atoms with Crippen LogP contribution in [0.4, 0.5) is 4.39 Å². The van der Waals surface area contributed by atoms with E-state index in [9.17, 15) is 9.18 Å². The fourth-order valence-electron chi connectivity index (χ4n) is 2.42. The molecule has 1 N–H and O–H groups in total. The summed E-state index contributed by atoms with van der Waals surface area (Å²) in [4.78, 5) is 12.0. The normalized spacial score (nSPS) is 10.6. The number of carbonyl (C=O) groups is 1. The van der Waals surface area contributed by atoms with Crippen molar-refractivity contribution in [1.82, 2.24) is 5.32 Å². The molecule has 0 aliphatic carbocycles. The molecule has 1 amide bonds. The molecule has 0 atom stereocenters. The van der Waals surface area contributed by atoms with Gasteiger partial charge in [-0.1, -0.05) is 48.0 Å². The molecule has 0 spiro atoms. The number of nitrogens with one attached hydrogen (secondary N) is 1. The molecule has 0 radical (unpaired) electrons. The number of fused-ring (bicyclic) bond motifs is 1. The molecule has 0 saturated carbocycles. The molecule has 0 bridgehead atoms. The summed E-state index contributed by atoms with van der Waals surface area (Å²) in [5.74, 6) is -0.388. The predicted octanol–water partition coefficient (Wildman–Crippen LogP) is 4.44. The number of rotatable bonds is 5. The van der Waals surface area contributed by atoms with Crippen LogP contribution in [0.5, 0.6) is 5.75 Å².